The maximum absolute atomic E-state index is 4.41. The summed E-state index contributed by atoms with van der Waals surface area (Å²) in [4.78, 5) is 13.8. The van der Waals surface area contributed by atoms with Gasteiger partial charge in [0.25, 0.3) is 0 Å². The van der Waals surface area contributed by atoms with Crippen LogP contribution in [0.3, 0.4) is 0 Å². The molecule has 4 aromatic heterocycles. The van der Waals surface area contributed by atoms with Gasteiger partial charge in [0.15, 0.2) is 0 Å². The minimum Gasteiger partial charge on any atom is -0.255 e. The molecule has 0 bridgehead atoms. The Morgan fingerprint density at radius 1 is 0.500 bits per heavy atom. The summed E-state index contributed by atoms with van der Waals surface area (Å²) >= 11 is 3.55. The Kier molecular flexibility index (Phi) is 3.54. The maximum atomic E-state index is 4.41. The van der Waals surface area contributed by atoms with Crippen molar-refractivity contribution in [2.45, 2.75) is 0 Å². The quantitative estimate of drug-likeness (QED) is 0.491. The van der Waals surface area contributed by atoms with Crippen LogP contribution in [-0.4, -0.2) is 9.97 Å². The van der Waals surface area contributed by atoms with E-state index < -0.39 is 0 Å². The third-order valence-electron chi connectivity index (χ3n) is 3.29. The van der Waals surface area contributed by atoms with Gasteiger partial charge in [-0.05, 0) is 48.5 Å². The van der Waals surface area contributed by atoms with E-state index >= 15 is 0 Å². The second kappa shape index (κ2) is 5.83. The number of hydrogen-bond donors (Lipinski definition) is 0. The van der Waals surface area contributed by atoms with Crippen LogP contribution in [0.5, 0.6) is 0 Å². The zero-order valence-corrected chi connectivity index (χ0v) is 13.3. The van der Waals surface area contributed by atoms with E-state index in [1.54, 1.807) is 22.7 Å². The zero-order chi connectivity index (χ0) is 14.8. The highest BCUT2D eigenvalue weighted by molar-refractivity contribution is 7.25. The first kappa shape index (κ1) is 13.4. The van der Waals surface area contributed by atoms with Gasteiger partial charge in [-0.15, -0.1) is 22.7 Å². The normalized spacial score (nSPS) is 10.7. The summed E-state index contributed by atoms with van der Waals surface area (Å²) in [5, 5.41) is 0. The summed E-state index contributed by atoms with van der Waals surface area (Å²) in [5.74, 6) is 0. The van der Waals surface area contributed by atoms with Crippen LogP contribution in [0.25, 0.3) is 30.9 Å². The second-order valence-corrected chi connectivity index (χ2v) is 6.93. The molecule has 0 radical (unpaired) electrons. The minimum atomic E-state index is 1.03. The summed E-state index contributed by atoms with van der Waals surface area (Å²) in [7, 11) is 0. The zero-order valence-electron chi connectivity index (χ0n) is 11.6. The highest BCUT2D eigenvalue weighted by atomic mass is 32.1. The third kappa shape index (κ3) is 2.58. The van der Waals surface area contributed by atoms with Crippen LogP contribution in [-0.2, 0) is 0 Å². The Labute approximate surface area is 136 Å². The summed E-state index contributed by atoms with van der Waals surface area (Å²) < 4.78 is 0. The Bertz CT molecular complexity index is 804. The highest BCUT2D eigenvalue weighted by Gasteiger charge is 2.09. The molecule has 0 atom stereocenters. The van der Waals surface area contributed by atoms with Crippen molar-refractivity contribution in [1.82, 2.24) is 9.97 Å². The molecule has 0 aliphatic carbocycles. The van der Waals surface area contributed by atoms with Gasteiger partial charge >= 0.3 is 0 Å². The second-order valence-electron chi connectivity index (χ2n) is 4.76. The monoisotopic (exact) mass is 320 g/mol. The number of pyridine rings is 2. The Morgan fingerprint density at radius 3 is 1.36 bits per heavy atom. The molecule has 22 heavy (non-hydrogen) atoms. The van der Waals surface area contributed by atoms with Crippen LogP contribution >= 0.6 is 22.7 Å². The summed E-state index contributed by atoms with van der Waals surface area (Å²) in [6.45, 7) is 0. The minimum absolute atomic E-state index is 1.03. The lowest BCUT2D eigenvalue weighted by Crippen LogP contribution is -1.75. The summed E-state index contributed by atoms with van der Waals surface area (Å²) in [6.07, 6.45) is 3.66. The summed E-state index contributed by atoms with van der Waals surface area (Å²) in [6, 6.07) is 20.6. The lowest BCUT2D eigenvalue weighted by atomic mass is 10.3. The lowest BCUT2D eigenvalue weighted by molar-refractivity contribution is 1.34. The lowest BCUT2D eigenvalue weighted by Gasteiger charge is -1.95. The van der Waals surface area contributed by atoms with Crippen LogP contribution in [0, 0.1) is 0 Å². The molecule has 0 fully saturated rings. The molecule has 0 aliphatic rings. The number of aromatic nitrogens is 2. The molecule has 0 saturated heterocycles. The van der Waals surface area contributed by atoms with Crippen molar-refractivity contribution in [2.24, 2.45) is 0 Å². The molecule has 0 unspecified atom stereocenters. The van der Waals surface area contributed by atoms with E-state index in [2.05, 4.69) is 34.2 Å². The van der Waals surface area contributed by atoms with Crippen molar-refractivity contribution >= 4 is 22.7 Å². The molecular formula is C18H12N2S2. The van der Waals surface area contributed by atoms with Gasteiger partial charge in [-0.1, -0.05) is 12.1 Å². The molecule has 0 aromatic carbocycles. The van der Waals surface area contributed by atoms with Crippen molar-refractivity contribution in [3.05, 3.63) is 73.1 Å². The molecular weight excluding hydrogens is 308 g/mol. The van der Waals surface area contributed by atoms with E-state index in [4.69, 9.17) is 0 Å². The Morgan fingerprint density at radius 2 is 0.955 bits per heavy atom. The number of nitrogens with zero attached hydrogens (tertiary/aromatic N) is 2. The van der Waals surface area contributed by atoms with Crippen molar-refractivity contribution in [3.63, 3.8) is 0 Å². The topological polar surface area (TPSA) is 25.8 Å². The molecule has 0 saturated carbocycles. The molecule has 4 heterocycles. The smallest absolute Gasteiger partial charge is 0.0801 e. The average Bonchev–Trinajstić information content (AvgIpc) is 3.26. The Hall–Kier alpha value is -2.30. The van der Waals surface area contributed by atoms with Crippen molar-refractivity contribution in [2.75, 3.05) is 0 Å². The predicted octanol–water partition coefficient (Wildman–Crippen LogP) is 5.60. The van der Waals surface area contributed by atoms with Gasteiger partial charge in [-0.25, -0.2) is 0 Å². The fourth-order valence-electron chi connectivity index (χ4n) is 2.23. The van der Waals surface area contributed by atoms with E-state index in [9.17, 15) is 0 Å². The number of hydrogen-bond acceptors (Lipinski definition) is 4. The van der Waals surface area contributed by atoms with Crippen molar-refractivity contribution < 1.29 is 0 Å². The Balaban J connectivity index is 1.66. The standard InChI is InChI=1S/C18H12N2S2/c1-3-11-19-13(5-1)15-7-9-17(21-15)18-10-8-16(22-18)14-6-2-4-12-20-14/h1-12H. The van der Waals surface area contributed by atoms with E-state index in [1.165, 1.54) is 19.5 Å². The largest absolute Gasteiger partial charge is 0.255 e. The van der Waals surface area contributed by atoms with Gasteiger partial charge in [0.1, 0.15) is 0 Å². The fraction of sp³-hybridized carbons (Fsp3) is 0. The average molecular weight is 320 g/mol. The number of rotatable bonds is 3. The van der Waals surface area contributed by atoms with E-state index in [-0.39, 0.29) is 0 Å². The van der Waals surface area contributed by atoms with Crippen LogP contribution < -0.4 is 0 Å². The molecule has 0 spiro atoms. The number of thiophene rings is 2. The van der Waals surface area contributed by atoms with E-state index in [0.29, 0.717) is 0 Å². The maximum Gasteiger partial charge on any atom is 0.0801 e. The van der Waals surface area contributed by atoms with Crippen LogP contribution in [0.4, 0.5) is 0 Å². The molecule has 0 aliphatic heterocycles. The SMILES string of the molecule is c1ccc(-c2ccc(-c3ccc(-c4ccccn4)s3)s2)nc1. The molecule has 4 rings (SSSR count). The van der Waals surface area contributed by atoms with Gasteiger partial charge in [0.2, 0.25) is 0 Å². The van der Waals surface area contributed by atoms with E-state index in [0.717, 1.165) is 11.4 Å². The van der Waals surface area contributed by atoms with Gasteiger partial charge in [-0.3, -0.25) is 9.97 Å². The third-order valence-corrected chi connectivity index (χ3v) is 5.70. The first-order chi connectivity index (χ1) is 10.9. The summed E-state index contributed by atoms with van der Waals surface area (Å²) in [5.41, 5.74) is 2.06. The predicted molar refractivity (Wildman–Crippen MR) is 94.1 cm³/mol. The molecule has 106 valence electrons. The first-order valence-corrected chi connectivity index (χ1v) is 8.56. The molecule has 2 nitrogen and oxygen atoms in total. The van der Waals surface area contributed by atoms with Gasteiger partial charge in [-0.2, -0.15) is 0 Å². The van der Waals surface area contributed by atoms with Crippen LogP contribution in [0.1, 0.15) is 0 Å². The van der Waals surface area contributed by atoms with Crippen molar-refractivity contribution in [1.29, 1.82) is 0 Å². The van der Waals surface area contributed by atoms with Gasteiger partial charge in [0.05, 0.1) is 21.1 Å². The molecule has 0 N–H and O–H groups in total. The van der Waals surface area contributed by atoms with Gasteiger partial charge < -0.3 is 0 Å². The molecule has 0 amide bonds. The van der Waals surface area contributed by atoms with Gasteiger partial charge in [0, 0.05) is 22.1 Å². The molecule has 4 heteroatoms. The van der Waals surface area contributed by atoms with E-state index in [1.807, 2.05) is 48.8 Å². The molecule has 4 aromatic rings. The van der Waals surface area contributed by atoms with Crippen molar-refractivity contribution in [3.8, 4) is 30.9 Å². The van der Waals surface area contributed by atoms with Crippen LogP contribution in [0.15, 0.2) is 73.1 Å². The highest BCUT2D eigenvalue weighted by Crippen LogP contribution is 2.39. The fourth-order valence-corrected chi connectivity index (χ4v) is 4.29. The first-order valence-electron chi connectivity index (χ1n) is 6.93. The van der Waals surface area contributed by atoms with Crippen LogP contribution in [0.2, 0.25) is 0 Å².